The molecule has 1 atom stereocenters. The zero-order chi connectivity index (χ0) is 21.4. The third-order valence-corrected chi connectivity index (χ3v) is 6.08. The fraction of sp³-hybridized carbons (Fsp3) is 0.550. The molecule has 2 amide bonds. The van der Waals surface area contributed by atoms with E-state index in [-0.39, 0.29) is 17.7 Å². The fourth-order valence-corrected chi connectivity index (χ4v) is 4.44. The Labute approximate surface area is 167 Å². The van der Waals surface area contributed by atoms with Crippen molar-refractivity contribution in [1.29, 1.82) is 5.26 Å². The van der Waals surface area contributed by atoms with Crippen LogP contribution in [0.2, 0.25) is 0 Å². The van der Waals surface area contributed by atoms with Crippen LogP contribution in [0.5, 0.6) is 0 Å². The summed E-state index contributed by atoms with van der Waals surface area (Å²) in [7, 11) is 0. The summed E-state index contributed by atoms with van der Waals surface area (Å²) >= 11 is 0. The minimum atomic E-state index is -4.60. The Bertz CT molecular complexity index is 854. The number of hydrogen-bond donors (Lipinski definition) is 1. The number of likely N-dealkylation sites (tertiary alicyclic amines) is 1. The molecule has 2 saturated heterocycles. The number of benzene rings is 1. The van der Waals surface area contributed by atoms with Gasteiger partial charge >= 0.3 is 6.18 Å². The van der Waals surface area contributed by atoms with Gasteiger partial charge in [-0.05, 0) is 42.9 Å². The van der Waals surface area contributed by atoms with Gasteiger partial charge in [-0.2, -0.15) is 18.4 Å². The van der Waals surface area contributed by atoms with E-state index in [2.05, 4.69) is 0 Å². The third kappa shape index (κ3) is 4.02. The Morgan fingerprint density at radius 2 is 1.97 bits per heavy atom. The maximum atomic E-state index is 13.2. The molecule has 156 valence electrons. The van der Waals surface area contributed by atoms with Crippen LogP contribution in [0.3, 0.4) is 0 Å². The van der Waals surface area contributed by atoms with Gasteiger partial charge in [0.2, 0.25) is 11.8 Å². The molecule has 1 aromatic carbocycles. The molecular formula is C20H23F3N4O2. The molecule has 9 heteroatoms. The molecular weight excluding hydrogens is 385 g/mol. The van der Waals surface area contributed by atoms with E-state index < -0.39 is 29.3 Å². The summed E-state index contributed by atoms with van der Waals surface area (Å²) in [6.07, 6.45) is -2.53. The largest absolute Gasteiger partial charge is 0.417 e. The number of nitrogens with zero attached hydrogens (tertiary/aromatic N) is 3. The summed E-state index contributed by atoms with van der Waals surface area (Å²) < 4.78 is 39.7. The molecule has 0 aliphatic carbocycles. The van der Waals surface area contributed by atoms with Crippen LogP contribution in [0.25, 0.3) is 0 Å². The third-order valence-electron chi connectivity index (χ3n) is 6.08. The van der Waals surface area contributed by atoms with E-state index in [1.165, 1.54) is 12.1 Å². The predicted molar refractivity (Wildman–Crippen MR) is 99.6 cm³/mol. The van der Waals surface area contributed by atoms with Gasteiger partial charge < -0.3 is 15.5 Å². The molecule has 2 heterocycles. The number of carbonyl (C=O) groups excluding carboxylic acids is 2. The molecule has 2 fully saturated rings. The van der Waals surface area contributed by atoms with Crippen molar-refractivity contribution in [2.45, 2.75) is 44.8 Å². The molecule has 3 rings (SSSR count). The van der Waals surface area contributed by atoms with E-state index in [4.69, 9.17) is 11.0 Å². The standard InChI is InChI=1S/C20H23F3N4O2/c1-2-17(28)27-12-19(10-16(27)18(25)29)5-7-26(8-6-19)14-4-3-13(11-24)15(9-14)20(21,22)23/h3-4,9,16H,2,5-8,10,12H2,1H3,(H2,25,29). The van der Waals surface area contributed by atoms with Gasteiger partial charge in [-0.15, -0.1) is 0 Å². The van der Waals surface area contributed by atoms with Crippen molar-refractivity contribution in [3.63, 3.8) is 0 Å². The molecule has 2 aliphatic rings. The Balaban J connectivity index is 1.77. The lowest BCUT2D eigenvalue weighted by atomic mass is 9.76. The summed E-state index contributed by atoms with van der Waals surface area (Å²) in [6.45, 7) is 3.19. The first-order valence-corrected chi connectivity index (χ1v) is 9.55. The molecule has 1 spiro atoms. The molecule has 0 aromatic heterocycles. The minimum absolute atomic E-state index is 0.116. The van der Waals surface area contributed by atoms with Gasteiger partial charge in [-0.25, -0.2) is 0 Å². The Morgan fingerprint density at radius 1 is 1.31 bits per heavy atom. The second kappa shape index (κ2) is 7.58. The summed E-state index contributed by atoms with van der Waals surface area (Å²) in [5, 5.41) is 8.95. The lowest BCUT2D eigenvalue weighted by molar-refractivity contribution is -0.137. The predicted octanol–water partition coefficient (Wildman–Crippen LogP) is 2.66. The molecule has 2 aliphatic heterocycles. The number of hydrogen-bond acceptors (Lipinski definition) is 4. The molecule has 0 radical (unpaired) electrons. The number of anilines is 1. The number of carbonyl (C=O) groups is 2. The van der Waals surface area contributed by atoms with Crippen LogP contribution in [0.4, 0.5) is 18.9 Å². The van der Waals surface area contributed by atoms with Gasteiger partial charge in [0, 0.05) is 31.7 Å². The maximum absolute atomic E-state index is 13.2. The normalized spacial score (nSPS) is 21.3. The zero-order valence-electron chi connectivity index (χ0n) is 16.1. The first kappa shape index (κ1) is 21.0. The van der Waals surface area contributed by atoms with Crippen LogP contribution >= 0.6 is 0 Å². The maximum Gasteiger partial charge on any atom is 0.417 e. The second-order valence-electron chi connectivity index (χ2n) is 7.82. The van der Waals surface area contributed by atoms with Crippen LogP contribution in [0.1, 0.15) is 43.7 Å². The van der Waals surface area contributed by atoms with Crippen molar-refractivity contribution in [3.05, 3.63) is 29.3 Å². The summed E-state index contributed by atoms with van der Waals surface area (Å²) in [5.41, 5.74) is 4.32. The van der Waals surface area contributed by atoms with Crippen molar-refractivity contribution < 1.29 is 22.8 Å². The number of rotatable bonds is 3. The van der Waals surface area contributed by atoms with E-state index in [1.54, 1.807) is 17.9 Å². The van der Waals surface area contributed by atoms with Crippen molar-refractivity contribution in [2.24, 2.45) is 11.1 Å². The Morgan fingerprint density at radius 3 is 2.48 bits per heavy atom. The highest BCUT2D eigenvalue weighted by Gasteiger charge is 2.48. The highest BCUT2D eigenvalue weighted by atomic mass is 19.4. The van der Waals surface area contributed by atoms with Crippen molar-refractivity contribution in [3.8, 4) is 6.07 Å². The smallest absolute Gasteiger partial charge is 0.371 e. The molecule has 1 aromatic rings. The van der Waals surface area contributed by atoms with Crippen LogP contribution < -0.4 is 10.6 Å². The van der Waals surface area contributed by atoms with E-state index in [1.807, 2.05) is 4.90 Å². The topological polar surface area (TPSA) is 90.4 Å². The first-order chi connectivity index (χ1) is 13.6. The first-order valence-electron chi connectivity index (χ1n) is 9.55. The fourth-order valence-electron chi connectivity index (χ4n) is 4.44. The number of piperidine rings is 1. The SMILES string of the molecule is CCC(=O)N1CC2(CCN(c3ccc(C#N)c(C(F)(F)F)c3)CC2)CC1C(N)=O. The van der Waals surface area contributed by atoms with Crippen LogP contribution in [0, 0.1) is 16.7 Å². The number of nitriles is 1. The monoisotopic (exact) mass is 408 g/mol. The lowest BCUT2D eigenvalue weighted by Gasteiger charge is -2.40. The van der Waals surface area contributed by atoms with Crippen LogP contribution in [-0.4, -0.2) is 42.4 Å². The molecule has 6 nitrogen and oxygen atoms in total. The number of amides is 2. The van der Waals surface area contributed by atoms with Crippen LogP contribution in [0.15, 0.2) is 18.2 Å². The molecule has 0 bridgehead atoms. The molecule has 29 heavy (non-hydrogen) atoms. The van der Waals surface area contributed by atoms with Gasteiger partial charge in [-0.3, -0.25) is 9.59 Å². The van der Waals surface area contributed by atoms with Gasteiger partial charge in [0.05, 0.1) is 17.2 Å². The van der Waals surface area contributed by atoms with E-state index in [0.29, 0.717) is 44.6 Å². The number of nitrogens with two attached hydrogens (primary N) is 1. The van der Waals surface area contributed by atoms with Gasteiger partial charge in [0.15, 0.2) is 0 Å². The highest BCUT2D eigenvalue weighted by molar-refractivity contribution is 5.87. The summed E-state index contributed by atoms with van der Waals surface area (Å²) in [5.74, 6) is -0.636. The molecule has 0 saturated carbocycles. The second-order valence-corrected chi connectivity index (χ2v) is 7.82. The average molecular weight is 408 g/mol. The van der Waals surface area contributed by atoms with Gasteiger partial charge in [0.1, 0.15) is 6.04 Å². The highest BCUT2D eigenvalue weighted by Crippen LogP contribution is 2.44. The summed E-state index contributed by atoms with van der Waals surface area (Å²) in [4.78, 5) is 27.4. The average Bonchev–Trinajstić information content (AvgIpc) is 3.06. The van der Waals surface area contributed by atoms with Crippen molar-refractivity contribution in [1.82, 2.24) is 4.90 Å². The van der Waals surface area contributed by atoms with E-state index in [0.717, 1.165) is 6.07 Å². The minimum Gasteiger partial charge on any atom is -0.371 e. The van der Waals surface area contributed by atoms with Crippen molar-refractivity contribution in [2.75, 3.05) is 24.5 Å². The van der Waals surface area contributed by atoms with Crippen LogP contribution in [-0.2, 0) is 15.8 Å². The summed E-state index contributed by atoms with van der Waals surface area (Å²) in [6, 6.07) is 4.71. The quantitative estimate of drug-likeness (QED) is 0.833. The number of primary amides is 1. The number of alkyl halides is 3. The van der Waals surface area contributed by atoms with Crippen molar-refractivity contribution >= 4 is 17.5 Å². The Hall–Kier alpha value is -2.76. The van der Waals surface area contributed by atoms with Gasteiger partial charge in [0.25, 0.3) is 0 Å². The van der Waals surface area contributed by atoms with E-state index in [9.17, 15) is 22.8 Å². The zero-order valence-corrected chi connectivity index (χ0v) is 16.1. The van der Waals surface area contributed by atoms with E-state index >= 15 is 0 Å². The number of halogens is 3. The Kier molecular flexibility index (Phi) is 5.48. The van der Waals surface area contributed by atoms with Gasteiger partial charge in [-0.1, -0.05) is 6.92 Å². The molecule has 1 unspecified atom stereocenters. The lowest BCUT2D eigenvalue weighted by Crippen LogP contribution is -2.44. The molecule has 2 N–H and O–H groups in total.